The Morgan fingerprint density at radius 2 is 2.06 bits per heavy atom. The van der Waals surface area contributed by atoms with Crippen molar-refractivity contribution in [2.24, 2.45) is 0 Å². The molecule has 0 aliphatic heterocycles. The third-order valence-electron chi connectivity index (χ3n) is 2.95. The maximum absolute atomic E-state index is 13.8. The van der Waals surface area contributed by atoms with E-state index in [0.717, 1.165) is 25.8 Å². The highest BCUT2D eigenvalue weighted by molar-refractivity contribution is 5.55. The molecule has 0 spiro atoms. The molecule has 0 saturated heterocycles. The van der Waals surface area contributed by atoms with Gasteiger partial charge in [-0.3, -0.25) is 0 Å². The van der Waals surface area contributed by atoms with Crippen molar-refractivity contribution in [1.82, 2.24) is 0 Å². The number of hydrogen-bond donors (Lipinski definition) is 1. The first kappa shape index (κ1) is 14.0. The third-order valence-corrected chi connectivity index (χ3v) is 2.95. The zero-order chi connectivity index (χ0) is 12.8. The van der Waals surface area contributed by atoms with Crippen LogP contribution in [0.1, 0.15) is 44.8 Å². The Kier molecular flexibility index (Phi) is 5.42. The molecule has 0 aliphatic rings. The largest absolute Gasteiger partial charge is 0.389 e. The highest BCUT2D eigenvalue weighted by Crippen LogP contribution is 2.28. The average Bonchev–Trinajstić information content (AvgIpc) is 2.28. The molecule has 0 amide bonds. The molecule has 0 heterocycles. The van der Waals surface area contributed by atoms with E-state index in [4.69, 9.17) is 0 Å². The van der Waals surface area contributed by atoms with Crippen molar-refractivity contribution >= 4 is 5.69 Å². The fourth-order valence-electron chi connectivity index (χ4n) is 1.98. The van der Waals surface area contributed by atoms with Gasteiger partial charge in [0.05, 0.1) is 11.8 Å². The van der Waals surface area contributed by atoms with E-state index >= 15 is 0 Å². The van der Waals surface area contributed by atoms with E-state index in [-0.39, 0.29) is 5.82 Å². The molecule has 17 heavy (non-hydrogen) atoms. The first-order valence-corrected chi connectivity index (χ1v) is 6.25. The van der Waals surface area contributed by atoms with E-state index in [1.165, 1.54) is 6.07 Å². The Hall–Kier alpha value is -1.09. The Morgan fingerprint density at radius 1 is 1.35 bits per heavy atom. The van der Waals surface area contributed by atoms with Gasteiger partial charge in [-0.15, -0.1) is 0 Å². The summed E-state index contributed by atoms with van der Waals surface area (Å²) in [4.78, 5) is 1.90. The Bertz CT molecular complexity index is 352. The van der Waals surface area contributed by atoms with Crippen LogP contribution in [-0.2, 0) is 0 Å². The molecule has 1 atom stereocenters. The van der Waals surface area contributed by atoms with E-state index in [9.17, 15) is 9.50 Å². The fraction of sp³-hybridized carbons (Fsp3) is 0.571. The lowest BCUT2D eigenvalue weighted by molar-refractivity contribution is 0.199. The predicted molar refractivity (Wildman–Crippen MR) is 69.8 cm³/mol. The molecule has 0 aliphatic carbocycles. The summed E-state index contributed by atoms with van der Waals surface area (Å²) < 4.78 is 13.8. The van der Waals surface area contributed by atoms with Gasteiger partial charge in [0.2, 0.25) is 0 Å². The van der Waals surface area contributed by atoms with Crippen LogP contribution in [0.25, 0.3) is 0 Å². The first-order chi connectivity index (χ1) is 8.07. The highest BCUT2D eigenvalue weighted by atomic mass is 19.1. The van der Waals surface area contributed by atoms with Crippen LogP contribution < -0.4 is 4.90 Å². The van der Waals surface area contributed by atoms with Gasteiger partial charge in [-0.25, -0.2) is 4.39 Å². The number of anilines is 1. The van der Waals surface area contributed by atoms with E-state index in [0.29, 0.717) is 11.3 Å². The zero-order valence-electron chi connectivity index (χ0n) is 10.9. The van der Waals surface area contributed by atoms with Crippen molar-refractivity contribution in [3.05, 3.63) is 29.6 Å². The lowest BCUT2D eigenvalue weighted by atomic mass is 10.1. The number of rotatable bonds is 6. The summed E-state index contributed by atoms with van der Waals surface area (Å²) in [6, 6.07) is 4.86. The number of aliphatic hydroxyl groups excluding tert-OH is 1. The van der Waals surface area contributed by atoms with Crippen LogP contribution >= 0.6 is 0 Å². The van der Waals surface area contributed by atoms with Gasteiger partial charge in [0.1, 0.15) is 5.82 Å². The number of unbranched alkanes of at least 4 members (excludes halogenated alkanes) is 2. The van der Waals surface area contributed by atoms with Crippen LogP contribution in [0.3, 0.4) is 0 Å². The molecule has 1 rings (SSSR count). The number of nitrogens with zero attached hydrogens (tertiary/aromatic N) is 1. The number of benzene rings is 1. The standard InChI is InChI=1S/C14H22FNO/c1-4-5-6-10-16(3)14-12(11(2)17)8-7-9-13(14)15/h7-9,11,17H,4-6,10H2,1-3H3/t11-/m0/s1. The second kappa shape index (κ2) is 6.60. The quantitative estimate of drug-likeness (QED) is 0.768. The molecular weight excluding hydrogens is 217 g/mol. The normalized spacial score (nSPS) is 12.5. The molecule has 0 unspecified atom stereocenters. The molecule has 96 valence electrons. The molecular formula is C14H22FNO. The summed E-state index contributed by atoms with van der Waals surface area (Å²) >= 11 is 0. The van der Waals surface area contributed by atoms with Crippen LogP contribution in [0.4, 0.5) is 10.1 Å². The van der Waals surface area contributed by atoms with E-state index in [1.807, 2.05) is 11.9 Å². The van der Waals surface area contributed by atoms with E-state index in [2.05, 4.69) is 6.92 Å². The number of aliphatic hydroxyl groups is 1. The van der Waals surface area contributed by atoms with Gasteiger partial charge in [0.15, 0.2) is 0 Å². The molecule has 1 aromatic rings. The molecule has 1 N–H and O–H groups in total. The lowest BCUT2D eigenvalue weighted by Crippen LogP contribution is -2.21. The molecule has 0 bridgehead atoms. The topological polar surface area (TPSA) is 23.5 Å². The second-order valence-electron chi connectivity index (χ2n) is 4.48. The zero-order valence-corrected chi connectivity index (χ0v) is 10.9. The minimum absolute atomic E-state index is 0.262. The summed E-state index contributed by atoms with van der Waals surface area (Å²) in [5, 5.41) is 9.66. The maximum atomic E-state index is 13.8. The third kappa shape index (κ3) is 3.70. The predicted octanol–water partition coefficient (Wildman–Crippen LogP) is 3.51. The van der Waals surface area contributed by atoms with E-state index in [1.54, 1.807) is 19.1 Å². The van der Waals surface area contributed by atoms with Crippen LogP contribution in [0, 0.1) is 5.82 Å². The Labute approximate surface area is 103 Å². The summed E-state index contributed by atoms with van der Waals surface area (Å²) in [6.07, 6.45) is 2.69. The van der Waals surface area contributed by atoms with Crippen molar-refractivity contribution in [1.29, 1.82) is 0 Å². The van der Waals surface area contributed by atoms with Crippen LogP contribution in [0.15, 0.2) is 18.2 Å². The van der Waals surface area contributed by atoms with Crippen molar-refractivity contribution in [3.8, 4) is 0 Å². The van der Waals surface area contributed by atoms with Crippen molar-refractivity contribution in [2.75, 3.05) is 18.5 Å². The average molecular weight is 239 g/mol. The molecule has 0 aromatic heterocycles. The molecule has 2 nitrogen and oxygen atoms in total. The highest BCUT2D eigenvalue weighted by Gasteiger charge is 2.15. The first-order valence-electron chi connectivity index (χ1n) is 6.25. The summed E-state index contributed by atoms with van der Waals surface area (Å²) in [5.41, 5.74) is 1.18. The second-order valence-corrected chi connectivity index (χ2v) is 4.48. The van der Waals surface area contributed by atoms with Crippen molar-refractivity contribution in [3.63, 3.8) is 0 Å². The summed E-state index contributed by atoms with van der Waals surface area (Å²) in [5.74, 6) is -0.262. The minimum Gasteiger partial charge on any atom is -0.389 e. The SMILES string of the molecule is CCCCCN(C)c1c(F)cccc1[C@H](C)O. The number of para-hydroxylation sites is 1. The Morgan fingerprint density at radius 3 is 2.65 bits per heavy atom. The molecule has 1 aromatic carbocycles. The fourth-order valence-corrected chi connectivity index (χ4v) is 1.98. The van der Waals surface area contributed by atoms with Crippen molar-refractivity contribution in [2.45, 2.75) is 39.2 Å². The van der Waals surface area contributed by atoms with Gasteiger partial charge in [0.25, 0.3) is 0 Å². The monoisotopic (exact) mass is 239 g/mol. The van der Waals surface area contributed by atoms with E-state index < -0.39 is 6.10 Å². The smallest absolute Gasteiger partial charge is 0.146 e. The molecule has 0 fully saturated rings. The summed E-state index contributed by atoms with van der Waals surface area (Å²) in [6.45, 7) is 4.62. The van der Waals surface area contributed by atoms with Gasteiger partial charge < -0.3 is 10.0 Å². The van der Waals surface area contributed by atoms with Gasteiger partial charge in [0, 0.05) is 19.2 Å². The molecule has 0 radical (unpaired) electrons. The van der Waals surface area contributed by atoms with Crippen LogP contribution in [0.2, 0.25) is 0 Å². The van der Waals surface area contributed by atoms with Gasteiger partial charge in [-0.05, 0) is 19.4 Å². The minimum atomic E-state index is -0.644. The van der Waals surface area contributed by atoms with Gasteiger partial charge >= 0.3 is 0 Å². The lowest BCUT2D eigenvalue weighted by Gasteiger charge is -2.24. The molecule has 3 heteroatoms. The molecule has 0 saturated carbocycles. The van der Waals surface area contributed by atoms with Crippen molar-refractivity contribution < 1.29 is 9.50 Å². The van der Waals surface area contributed by atoms with Gasteiger partial charge in [-0.2, -0.15) is 0 Å². The maximum Gasteiger partial charge on any atom is 0.146 e. The van der Waals surface area contributed by atoms with Gasteiger partial charge in [-0.1, -0.05) is 31.9 Å². The number of hydrogen-bond acceptors (Lipinski definition) is 2. The Balaban J connectivity index is 2.87. The summed E-state index contributed by atoms with van der Waals surface area (Å²) in [7, 11) is 1.87. The van der Waals surface area contributed by atoms with Crippen LogP contribution in [0.5, 0.6) is 0 Å². The number of halogens is 1. The van der Waals surface area contributed by atoms with Crippen LogP contribution in [-0.4, -0.2) is 18.7 Å².